The number of ketones is 1. The standard InChI is InChI=1S/C21H30N2O2/c1-3-11-23-14-10-18-15-19(5-6-20(18)23)21(25)7-4-17-8-12-22(13-9-17)16(2)24/h5-6,15,17H,3-4,7-14H2,1-2H3. The first-order valence-corrected chi connectivity index (χ1v) is 9.75. The zero-order chi connectivity index (χ0) is 17.8. The molecule has 1 amide bonds. The number of hydrogen-bond acceptors (Lipinski definition) is 3. The molecule has 0 N–H and O–H groups in total. The second kappa shape index (κ2) is 8.03. The molecule has 2 aliphatic rings. The molecule has 25 heavy (non-hydrogen) atoms. The normalized spacial score (nSPS) is 17.7. The van der Waals surface area contributed by atoms with Gasteiger partial charge in [-0.25, -0.2) is 0 Å². The van der Waals surface area contributed by atoms with Gasteiger partial charge in [0.1, 0.15) is 0 Å². The lowest BCUT2D eigenvalue weighted by atomic mass is 9.90. The number of carbonyl (C=O) groups excluding carboxylic acids is 2. The molecule has 1 aromatic carbocycles. The summed E-state index contributed by atoms with van der Waals surface area (Å²) < 4.78 is 0. The molecule has 0 bridgehead atoms. The van der Waals surface area contributed by atoms with Crippen molar-refractivity contribution >= 4 is 17.4 Å². The van der Waals surface area contributed by atoms with Crippen molar-refractivity contribution in [2.75, 3.05) is 31.1 Å². The summed E-state index contributed by atoms with van der Waals surface area (Å²) in [5.41, 5.74) is 3.52. The van der Waals surface area contributed by atoms with E-state index in [0.29, 0.717) is 12.3 Å². The highest BCUT2D eigenvalue weighted by Crippen LogP contribution is 2.30. The van der Waals surface area contributed by atoms with Crippen LogP contribution in [0.5, 0.6) is 0 Å². The van der Waals surface area contributed by atoms with E-state index in [1.807, 2.05) is 11.0 Å². The van der Waals surface area contributed by atoms with Gasteiger partial charge in [0.15, 0.2) is 5.78 Å². The van der Waals surface area contributed by atoms with Crippen LogP contribution >= 0.6 is 0 Å². The number of carbonyl (C=O) groups is 2. The molecule has 2 aliphatic heterocycles. The zero-order valence-electron chi connectivity index (χ0n) is 15.6. The minimum atomic E-state index is 0.171. The predicted molar refractivity (Wildman–Crippen MR) is 101 cm³/mol. The molecule has 0 radical (unpaired) electrons. The van der Waals surface area contributed by atoms with Gasteiger partial charge < -0.3 is 9.80 Å². The highest BCUT2D eigenvalue weighted by Gasteiger charge is 2.23. The average Bonchev–Trinajstić information content (AvgIpc) is 3.02. The quantitative estimate of drug-likeness (QED) is 0.741. The average molecular weight is 342 g/mol. The molecule has 0 unspecified atom stereocenters. The molecule has 0 spiro atoms. The van der Waals surface area contributed by atoms with Crippen molar-refractivity contribution in [1.82, 2.24) is 4.90 Å². The SMILES string of the molecule is CCCN1CCc2cc(C(=O)CCC3CCN(C(C)=O)CC3)ccc21. The van der Waals surface area contributed by atoms with Crippen LogP contribution in [0.1, 0.15) is 61.9 Å². The van der Waals surface area contributed by atoms with Gasteiger partial charge in [-0.05, 0) is 61.8 Å². The second-order valence-corrected chi connectivity index (χ2v) is 7.49. The lowest BCUT2D eigenvalue weighted by molar-refractivity contribution is -0.130. The summed E-state index contributed by atoms with van der Waals surface area (Å²) in [6, 6.07) is 6.26. The van der Waals surface area contributed by atoms with Crippen LogP contribution in [-0.4, -0.2) is 42.8 Å². The van der Waals surface area contributed by atoms with Gasteiger partial charge in [0, 0.05) is 50.8 Å². The number of likely N-dealkylation sites (tertiary alicyclic amines) is 1. The Morgan fingerprint density at radius 1 is 1.16 bits per heavy atom. The summed E-state index contributed by atoms with van der Waals surface area (Å²) >= 11 is 0. The van der Waals surface area contributed by atoms with Crippen LogP contribution in [0.4, 0.5) is 5.69 Å². The van der Waals surface area contributed by atoms with Crippen molar-refractivity contribution in [2.24, 2.45) is 5.92 Å². The Balaban J connectivity index is 1.52. The molecular weight excluding hydrogens is 312 g/mol. The minimum absolute atomic E-state index is 0.171. The Morgan fingerprint density at radius 2 is 1.92 bits per heavy atom. The van der Waals surface area contributed by atoms with E-state index >= 15 is 0 Å². The van der Waals surface area contributed by atoms with Gasteiger partial charge in [0.2, 0.25) is 5.91 Å². The molecule has 136 valence electrons. The van der Waals surface area contributed by atoms with Crippen LogP contribution < -0.4 is 4.90 Å². The summed E-state index contributed by atoms with van der Waals surface area (Å²) in [5.74, 6) is 1.02. The Morgan fingerprint density at radius 3 is 2.60 bits per heavy atom. The number of rotatable bonds is 6. The maximum absolute atomic E-state index is 12.6. The lowest BCUT2D eigenvalue weighted by Crippen LogP contribution is -2.37. The number of fused-ring (bicyclic) bond motifs is 1. The number of piperidine rings is 1. The van der Waals surface area contributed by atoms with Gasteiger partial charge in [-0.2, -0.15) is 0 Å². The summed E-state index contributed by atoms with van der Waals surface area (Å²) in [6.07, 6.45) is 5.85. The zero-order valence-corrected chi connectivity index (χ0v) is 15.6. The van der Waals surface area contributed by atoms with E-state index in [9.17, 15) is 9.59 Å². The monoisotopic (exact) mass is 342 g/mol. The number of anilines is 1. The Kier molecular flexibility index (Phi) is 5.77. The van der Waals surface area contributed by atoms with Crippen LogP contribution in [0.15, 0.2) is 18.2 Å². The van der Waals surface area contributed by atoms with E-state index < -0.39 is 0 Å². The molecule has 0 saturated carbocycles. The fourth-order valence-electron chi connectivity index (χ4n) is 4.16. The number of benzene rings is 1. The number of hydrogen-bond donors (Lipinski definition) is 0. The Labute approximate surface area is 151 Å². The molecule has 1 saturated heterocycles. The molecule has 0 aliphatic carbocycles. The molecule has 2 heterocycles. The molecule has 4 heteroatoms. The lowest BCUT2D eigenvalue weighted by Gasteiger charge is -2.31. The summed E-state index contributed by atoms with van der Waals surface area (Å²) in [6.45, 7) is 7.71. The summed E-state index contributed by atoms with van der Waals surface area (Å²) in [4.78, 5) is 28.3. The van der Waals surface area contributed by atoms with Gasteiger partial charge in [-0.15, -0.1) is 0 Å². The first-order chi connectivity index (χ1) is 12.1. The Bertz CT molecular complexity index is 633. The molecule has 4 nitrogen and oxygen atoms in total. The summed E-state index contributed by atoms with van der Waals surface area (Å²) in [7, 11) is 0. The van der Waals surface area contributed by atoms with E-state index in [-0.39, 0.29) is 11.7 Å². The molecule has 1 fully saturated rings. The molecule has 0 aromatic heterocycles. The fraction of sp³-hybridized carbons (Fsp3) is 0.619. The van der Waals surface area contributed by atoms with E-state index in [4.69, 9.17) is 0 Å². The van der Waals surface area contributed by atoms with Gasteiger partial charge >= 0.3 is 0 Å². The molecular formula is C21H30N2O2. The summed E-state index contributed by atoms with van der Waals surface area (Å²) in [5, 5.41) is 0. The van der Waals surface area contributed by atoms with Crippen LogP contribution in [0, 0.1) is 5.92 Å². The van der Waals surface area contributed by atoms with Gasteiger partial charge in [-0.3, -0.25) is 9.59 Å². The molecule has 0 atom stereocenters. The van der Waals surface area contributed by atoms with Gasteiger partial charge in [0.25, 0.3) is 0 Å². The topological polar surface area (TPSA) is 40.6 Å². The third-order valence-electron chi connectivity index (χ3n) is 5.73. The first kappa shape index (κ1) is 18.0. The molecule has 3 rings (SSSR count). The fourth-order valence-corrected chi connectivity index (χ4v) is 4.16. The number of Topliss-reactive ketones (excluding diaryl/α,β-unsaturated/α-hetero) is 1. The van der Waals surface area contributed by atoms with Crippen LogP contribution in [0.2, 0.25) is 0 Å². The van der Waals surface area contributed by atoms with E-state index in [1.54, 1.807) is 6.92 Å². The van der Waals surface area contributed by atoms with E-state index in [2.05, 4.69) is 24.0 Å². The van der Waals surface area contributed by atoms with Crippen molar-refractivity contribution < 1.29 is 9.59 Å². The minimum Gasteiger partial charge on any atom is -0.371 e. The van der Waals surface area contributed by atoms with E-state index in [0.717, 1.165) is 63.8 Å². The van der Waals surface area contributed by atoms with Crippen LogP contribution in [0.3, 0.4) is 0 Å². The highest BCUT2D eigenvalue weighted by molar-refractivity contribution is 5.96. The van der Waals surface area contributed by atoms with Crippen LogP contribution in [0.25, 0.3) is 0 Å². The maximum Gasteiger partial charge on any atom is 0.219 e. The van der Waals surface area contributed by atoms with Crippen molar-refractivity contribution in [3.63, 3.8) is 0 Å². The third-order valence-corrected chi connectivity index (χ3v) is 5.73. The van der Waals surface area contributed by atoms with Crippen molar-refractivity contribution in [2.45, 2.75) is 52.4 Å². The third kappa shape index (κ3) is 4.23. The number of nitrogens with zero attached hydrogens (tertiary/aromatic N) is 2. The highest BCUT2D eigenvalue weighted by atomic mass is 16.2. The number of amides is 1. The molecule has 1 aromatic rings. The van der Waals surface area contributed by atoms with E-state index in [1.165, 1.54) is 11.3 Å². The van der Waals surface area contributed by atoms with Gasteiger partial charge in [-0.1, -0.05) is 6.92 Å². The van der Waals surface area contributed by atoms with Crippen molar-refractivity contribution in [1.29, 1.82) is 0 Å². The Hall–Kier alpha value is -1.84. The van der Waals surface area contributed by atoms with Gasteiger partial charge in [0.05, 0.1) is 0 Å². The smallest absolute Gasteiger partial charge is 0.219 e. The van der Waals surface area contributed by atoms with Crippen LogP contribution in [-0.2, 0) is 11.2 Å². The second-order valence-electron chi connectivity index (χ2n) is 7.49. The van der Waals surface area contributed by atoms with Crippen molar-refractivity contribution in [3.8, 4) is 0 Å². The first-order valence-electron chi connectivity index (χ1n) is 9.75. The maximum atomic E-state index is 12.6. The van der Waals surface area contributed by atoms with Crippen molar-refractivity contribution in [3.05, 3.63) is 29.3 Å². The largest absolute Gasteiger partial charge is 0.371 e. The predicted octanol–water partition coefficient (Wildman–Crippen LogP) is 3.68.